The zero-order chi connectivity index (χ0) is 11.9. The summed E-state index contributed by atoms with van der Waals surface area (Å²) >= 11 is 0. The first kappa shape index (κ1) is 18.2. The molecule has 0 aliphatic carbocycles. The molecule has 1 aliphatic rings. The van der Waals surface area contributed by atoms with Gasteiger partial charge in [-0.1, -0.05) is 0 Å². The van der Waals surface area contributed by atoms with E-state index in [9.17, 15) is 4.79 Å². The molecule has 1 fully saturated rings. The molecule has 1 amide bonds. The molecule has 0 saturated carbocycles. The first-order valence-electron chi connectivity index (χ1n) is 6.25. The van der Waals surface area contributed by atoms with Gasteiger partial charge in [0.25, 0.3) is 0 Å². The summed E-state index contributed by atoms with van der Waals surface area (Å²) < 4.78 is 0. The Balaban J connectivity index is 0.00000162. The number of rotatable bonds is 4. The molecular formula is C13H21Cl2N3O. The van der Waals surface area contributed by atoms with Crippen molar-refractivity contribution in [3.63, 3.8) is 0 Å². The number of amides is 1. The van der Waals surface area contributed by atoms with Crippen LogP contribution in [-0.2, 0) is 4.79 Å². The van der Waals surface area contributed by atoms with Gasteiger partial charge in [0.15, 0.2) is 0 Å². The molecule has 0 radical (unpaired) electrons. The number of nitrogens with one attached hydrogen (secondary N) is 2. The van der Waals surface area contributed by atoms with E-state index in [1.807, 2.05) is 12.1 Å². The molecule has 4 nitrogen and oxygen atoms in total. The van der Waals surface area contributed by atoms with Gasteiger partial charge in [-0.2, -0.15) is 0 Å². The first-order chi connectivity index (χ1) is 8.34. The molecule has 1 saturated heterocycles. The molecule has 6 heteroatoms. The van der Waals surface area contributed by atoms with Crippen LogP contribution in [0.2, 0.25) is 0 Å². The number of nitrogens with zero attached hydrogens (tertiary/aromatic N) is 1. The summed E-state index contributed by atoms with van der Waals surface area (Å²) in [6, 6.07) is 3.62. The highest BCUT2D eigenvalue weighted by Gasteiger charge is 2.14. The topological polar surface area (TPSA) is 54.0 Å². The van der Waals surface area contributed by atoms with Crippen molar-refractivity contribution in [3.8, 4) is 0 Å². The fourth-order valence-electron chi connectivity index (χ4n) is 2.16. The Labute approximate surface area is 126 Å². The smallest absolute Gasteiger partial charge is 0.224 e. The van der Waals surface area contributed by atoms with Crippen LogP contribution in [0, 0.1) is 5.92 Å². The van der Waals surface area contributed by atoms with E-state index in [1.54, 1.807) is 12.4 Å². The first-order valence-corrected chi connectivity index (χ1v) is 6.25. The lowest BCUT2D eigenvalue weighted by Crippen LogP contribution is -2.28. The van der Waals surface area contributed by atoms with Crippen molar-refractivity contribution in [1.82, 2.24) is 10.3 Å². The largest absolute Gasteiger partial charge is 0.326 e. The van der Waals surface area contributed by atoms with Crippen LogP contribution >= 0.6 is 24.8 Å². The van der Waals surface area contributed by atoms with E-state index >= 15 is 0 Å². The van der Waals surface area contributed by atoms with Gasteiger partial charge in [0, 0.05) is 24.5 Å². The fourth-order valence-corrected chi connectivity index (χ4v) is 2.16. The second kappa shape index (κ2) is 10.0. The van der Waals surface area contributed by atoms with Gasteiger partial charge in [-0.3, -0.25) is 9.78 Å². The van der Waals surface area contributed by atoms with Crippen LogP contribution in [-0.4, -0.2) is 24.0 Å². The predicted octanol–water partition coefficient (Wildman–Crippen LogP) is 2.64. The lowest BCUT2D eigenvalue weighted by molar-refractivity contribution is -0.116. The van der Waals surface area contributed by atoms with Crippen molar-refractivity contribution in [1.29, 1.82) is 0 Å². The molecule has 0 spiro atoms. The van der Waals surface area contributed by atoms with E-state index in [4.69, 9.17) is 0 Å². The number of carbonyl (C=O) groups excluding carboxylic acids is 1. The number of carbonyl (C=O) groups is 1. The second-order valence-electron chi connectivity index (χ2n) is 4.52. The van der Waals surface area contributed by atoms with E-state index in [0.29, 0.717) is 12.3 Å². The zero-order valence-corrected chi connectivity index (χ0v) is 12.4. The molecule has 0 atom stereocenters. The summed E-state index contributed by atoms with van der Waals surface area (Å²) in [6.07, 6.45) is 7.38. The quantitative estimate of drug-likeness (QED) is 0.899. The Hall–Kier alpha value is -0.840. The third-order valence-electron chi connectivity index (χ3n) is 3.20. The van der Waals surface area contributed by atoms with Gasteiger partial charge >= 0.3 is 0 Å². The molecule has 19 heavy (non-hydrogen) atoms. The number of anilines is 1. The number of pyridine rings is 1. The van der Waals surface area contributed by atoms with Gasteiger partial charge in [0.2, 0.25) is 5.91 Å². The highest BCUT2D eigenvalue weighted by atomic mass is 35.5. The summed E-state index contributed by atoms with van der Waals surface area (Å²) in [4.78, 5) is 15.6. The van der Waals surface area contributed by atoms with Crippen LogP contribution in [0.25, 0.3) is 0 Å². The summed E-state index contributed by atoms with van der Waals surface area (Å²) in [5.74, 6) is 0.814. The molecule has 1 aliphatic heterocycles. The van der Waals surface area contributed by atoms with Crippen LogP contribution in [0.4, 0.5) is 5.69 Å². The molecular weight excluding hydrogens is 285 g/mol. The lowest BCUT2D eigenvalue weighted by atomic mass is 9.93. The van der Waals surface area contributed by atoms with Crippen molar-refractivity contribution in [3.05, 3.63) is 24.5 Å². The predicted molar refractivity (Wildman–Crippen MR) is 82.2 cm³/mol. The molecule has 1 aromatic rings. The van der Waals surface area contributed by atoms with Crippen LogP contribution in [0.3, 0.4) is 0 Å². The van der Waals surface area contributed by atoms with E-state index in [-0.39, 0.29) is 30.7 Å². The summed E-state index contributed by atoms with van der Waals surface area (Å²) in [7, 11) is 0. The number of aromatic nitrogens is 1. The summed E-state index contributed by atoms with van der Waals surface area (Å²) in [6.45, 7) is 2.19. The lowest BCUT2D eigenvalue weighted by Gasteiger charge is -2.22. The molecule has 2 heterocycles. The maximum Gasteiger partial charge on any atom is 0.224 e. The van der Waals surface area contributed by atoms with Gasteiger partial charge in [-0.15, -0.1) is 24.8 Å². The van der Waals surface area contributed by atoms with E-state index < -0.39 is 0 Å². The monoisotopic (exact) mass is 305 g/mol. The molecule has 0 bridgehead atoms. The van der Waals surface area contributed by atoms with Crippen LogP contribution in [0.5, 0.6) is 0 Å². The second-order valence-corrected chi connectivity index (χ2v) is 4.52. The highest BCUT2D eigenvalue weighted by Crippen LogP contribution is 2.18. The van der Waals surface area contributed by atoms with Crippen LogP contribution < -0.4 is 10.6 Å². The summed E-state index contributed by atoms with van der Waals surface area (Å²) in [5.41, 5.74) is 0.829. The van der Waals surface area contributed by atoms with E-state index in [0.717, 1.165) is 25.2 Å². The maximum absolute atomic E-state index is 11.7. The molecule has 0 unspecified atom stereocenters. The Morgan fingerprint density at radius 1 is 1.26 bits per heavy atom. The SMILES string of the molecule is Cl.Cl.O=C(CCC1CCNCC1)Nc1ccncc1. The van der Waals surface area contributed by atoms with Crippen molar-refractivity contribution < 1.29 is 4.79 Å². The molecule has 2 N–H and O–H groups in total. The van der Waals surface area contributed by atoms with Gasteiger partial charge in [0.1, 0.15) is 0 Å². The van der Waals surface area contributed by atoms with Crippen molar-refractivity contribution in [2.24, 2.45) is 5.92 Å². The zero-order valence-electron chi connectivity index (χ0n) is 10.8. The normalized spacial score (nSPS) is 14.9. The summed E-state index contributed by atoms with van der Waals surface area (Å²) in [5, 5.41) is 6.22. The Morgan fingerprint density at radius 3 is 2.53 bits per heavy atom. The Kier molecular flexibility index (Phi) is 9.57. The number of halogens is 2. The third-order valence-corrected chi connectivity index (χ3v) is 3.20. The van der Waals surface area contributed by atoms with Crippen molar-refractivity contribution in [2.75, 3.05) is 18.4 Å². The average Bonchev–Trinajstić information content (AvgIpc) is 2.39. The van der Waals surface area contributed by atoms with Gasteiger partial charge < -0.3 is 10.6 Å². The van der Waals surface area contributed by atoms with Gasteiger partial charge in [0.05, 0.1) is 0 Å². The van der Waals surface area contributed by atoms with E-state index in [1.165, 1.54) is 12.8 Å². The minimum Gasteiger partial charge on any atom is -0.326 e. The Morgan fingerprint density at radius 2 is 1.89 bits per heavy atom. The molecule has 0 aromatic carbocycles. The molecule has 1 aromatic heterocycles. The highest BCUT2D eigenvalue weighted by molar-refractivity contribution is 5.90. The van der Waals surface area contributed by atoms with Crippen molar-refractivity contribution >= 4 is 36.4 Å². The van der Waals surface area contributed by atoms with Gasteiger partial charge in [-0.05, 0) is 50.4 Å². The number of hydrogen-bond donors (Lipinski definition) is 2. The van der Waals surface area contributed by atoms with Crippen molar-refractivity contribution in [2.45, 2.75) is 25.7 Å². The van der Waals surface area contributed by atoms with Crippen LogP contribution in [0.1, 0.15) is 25.7 Å². The minimum atomic E-state index is 0. The van der Waals surface area contributed by atoms with Gasteiger partial charge in [-0.25, -0.2) is 0 Å². The Bertz CT molecular complexity index is 356. The van der Waals surface area contributed by atoms with E-state index in [2.05, 4.69) is 15.6 Å². The number of hydrogen-bond acceptors (Lipinski definition) is 3. The minimum absolute atomic E-state index is 0. The van der Waals surface area contributed by atoms with Crippen LogP contribution in [0.15, 0.2) is 24.5 Å². The standard InChI is InChI=1S/C13H19N3O.2ClH/c17-13(16-12-5-9-15-10-6-12)2-1-11-3-7-14-8-4-11;;/h5-6,9-11,14H,1-4,7-8H2,(H,15,16,17);2*1H. The fraction of sp³-hybridized carbons (Fsp3) is 0.538. The average molecular weight is 306 g/mol. The maximum atomic E-state index is 11.7. The third kappa shape index (κ3) is 6.76. The molecule has 108 valence electrons. The number of piperidine rings is 1. The molecule has 2 rings (SSSR count).